The van der Waals surface area contributed by atoms with Crippen LogP contribution in [0.2, 0.25) is 0 Å². The van der Waals surface area contributed by atoms with Crippen LogP contribution < -0.4 is 5.32 Å². The van der Waals surface area contributed by atoms with Crippen LogP contribution in [0.3, 0.4) is 0 Å². The SMILES string of the molecule is Cc1cncc(CNCCc2cccc(F)c2)c1. The maximum Gasteiger partial charge on any atom is 0.123 e. The number of aryl methyl sites for hydroxylation is 1. The first-order valence-corrected chi connectivity index (χ1v) is 6.10. The number of aromatic nitrogens is 1. The van der Waals surface area contributed by atoms with E-state index in [2.05, 4.69) is 16.4 Å². The Labute approximate surface area is 107 Å². The minimum atomic E-state index is -0.171. The molecule has 0 amide bonds. The van der Waals surface area contributed by atoms with Crippen LogP contribution in [0.4, 0.5) is 4.39 Å². The van der Waals surface area contributed by atoms with Gasteiger partial charge in [0.05, 0.1) is 0 Å². The maximum atomic E-state index is 13.0. The monoisotopic (exact) mass is 244 g/mol. The Morgan fingerprint density at radius 1 is 1.17 bits per heavy atom. The van der Waals surface area contributed by atoms with Gasteiger partial charge in [0.15, 0.2) is 0 Å². The normalized spacial score (nSPS) is 10.6. The molecule has 0 bridgehead atoms. The summed E-state index contributed by atoms with van der Waals surface area (Å²) in [7, 11) is 0. The Kier molecular flexibility index (Phi) is 4.42. The fraction of sp³-hybridized carbons (Fsp3) is 0.267. The number of rotatable bonds is 5. The van der Waals surface area contributed by atoms with Crippen molar-refractivity contribution in [3.63, 3.8) is 0 Å². The first-order valence-electron chi connectivity index (χ1n) is 6.10. The molecule has 0 atom stereocenters. The molecule has 0 spiro atoms. The van der Waals surface area contributed by atoms with Gasteiger partial charge in [-0.2, -0.15) is 0 Å². The molecule has 3 heteroatoms. The molecule has 0 saturated heterocycles. The summed E-state index contributed by atoms with van der Waals surface area (Å²) >= 11 is 0. The van der Waals surface area contributed by atoms with Crippen molar-refractivity contribution in [1.82, 2.24) is 10.3 Å². The molecule has 0 fully saturated rings. The molecule has 1 N–H and O–H groups in total. The second kappa shape index (κ2) is 6.26. The van der Waals surface area contributed by atoms with Gasteiger partial charge in [-0.05, 0) is 48.7 Å². The highest BCUT2D eigenvalue weighted by Gasteiger charge is 1.96. The fourth-order valence-electron chi connectivity index (χ4n) is 1.87. The fourth-order valence-corrected chi connectivity index (χ4v) is 1.87. The average Bonchev–Trinajstić information content (AvgIpc) is 2.35. The zero-order chi connectivity index (χ0) is 12.8. The van der Waals surface area contributed by atoms with Gasteiger partial charge < -0.3 is 5.32 Å². The summed E-state index contributed by atoms with van der Waals surface area (Å²) in [6, 6.07) is 8.85. The second-order valence-electron chi connectivity index (χ2n) is 4.43. The van der Waals surface area contributed by atoms with Crippen LogP contribution in [0.25, 0.3) is 0 Å². The standard InChI is InChI=1S/C15H17FN2/c1-12-7-14(11-18-9-12)10-17-6-5-13-3-2-4-15(16)8-13/h2-4,7-9,11,17H,5-6,10H2,1H3. The number of nitrogens with one attached hydrogen (secondary N) is 1. The molecule has 2 nitrogen and oxygen atoms in total. The Balaban J connectivity index is 1.76. The molecule has 0 unspecified atom stereocenters. The van der Waals surface area contributed by atoms with E-state index in [9.17, 15) is 4.39 Å². The average molecular weight is 244 g/mol. The van der Waals surface area contributed by atoms with Crippen LogP contribution in [-0.4, -0.2) is 11.5 Å². The number of hydrogen-bond acceptors (Lipinski definition) is 2. The van der Waals surface area contributed by atoms with E-state index in [-0.39, 0.29) is 5.82 Å². The molecule has 1 aromatic carbocycles. The lowest BCUT2D eigenvalue weighted by Crippen LogP contribution is -2.16. The van der Waals surface area contributed by atoms with Gasteiger partial charge in [-0.15, -0.1) is 0 Å². The molecule has 0 saturated carbocycles. The molecular weight excluding hydrogens is 227 g/mol. The van der Waals surface area contributed by atoms with Crippen molar-refractivity contribution in [1.29, 1.82) is 0 Å². The smallest absolute Gasteiger partial charge is 0.123 e. The predicted molar refractivity (Wildman–Crippen MR) is 70.8 cm³/mol. The molecular formula is C15H17FN2. The van der Waals surface area contributed by atoms with Crippen molar-refractivity contribution < 1.29 is 4.39 Å². The van der Waals surface area contributed by atoms with Crippen molar-refractivity contribution in [3.8, 4) is 0 Å². The van der Waals surface area contributed by atoms with Crippen LogP contribution >= 0.6 is 0 Å². The summed E-state index contributed by atoms with van der Waals surface area (Å²) in [4.78, 5) is 4.14. The van der Waals surface area contributed by atoms with Gasteiger partial charge in [0.25, 0.3) is 0 Å². The molecule has 0 aliphatic rings. The third-order valence-electron chi connectivity index (χ3n) is 2.74. The highest BCUT2D eigenvalue weighted by Crippen LogP contribution is 2.04. The minimum Gasteiger partial charge on any atom is -0.312 e. The third-order valence-corrected chi connectivity index (χ3v) is 2.74. The number of benzene rings is 1. The number of nitrogens with zero attached hydrogens (tertiary/aromatic N) is 1. The van der Waals surface area contributed by atoms with Crippen LogP contribution in [0, 0.1) is 12.7 Å². The highest BCUT2D eigenvalue weighted by molar-refractivity contribution is 5.17. The van der Waals surface area contributed by atoms with Crippen molar-refractivity contribution in [2.75, 3.05) is 6.54 Å². The quantitative estimate of drug-likeness (QED) is 0.818. The molecule has 1 heterocycles. The molecule has 18 heavy (non-hydrogen) atoms. The lowest BCUT2D eigenvalue weighted by atomic mass is 10.1. The van der Waals surface area contributed by atoms with Crippen molar-refractivity contribution in [2.45, 2.75) is 19.9 Å². The highest BCUT2D eigenvalue weighted by atomic mass is 19.1. The van der Waals surface area contributed by atoms with E-state index in [1.165, 1.54) is 17.2 Å². The Bertz CT molecular complexity index is 464. The van der Waals surface area contributed by atoms with E-state index in [1.54, 1.807) is 12.1 Å². The van der Waals surface area contributed by atoms with Crippen LogP contribution in [0.15, 0.2) is 42.7 Å². The first-order chi connectivity index (χ1) is 8.74. The lowest BCUT2D eigenvalue weighted by molar-refractivity contribution is 0.622. The zero-order valence-electron chi connectivity index (χ0n) is 10.5. The van der Waals surface area contributed by atoms with Gasteiger partial charge in [-0.1, -0.05) is 18.2 Å². The summed E-state index contributed by atoms with van der Waals surface area (Å²) in [6.45, 7) is 3.66. The van der Waals surface area contributed by atoms with E-state index < -0.39 is 0 Å². The number of hydrogen-bond donors (Lipinski definition) is 1. The second-order valence-corrected chi connectivity index (χ2v) is 4.43. The van der Waals surface area contributed by atoms with Gasteiger partial charge in [0.2, 0.25) is 0 Å². The summed E-state index contributed by atoms with van der Waals surface area (Å²) < 4.78 is 13.0. The first kappa shape index (κ1) is 12.7. The summed E-state index contributed by atoms with van der Waals surface area (Å²) in [6.07, 6.45) is 4.54. The number of halogens is 1. The molecule has 94 valence electrons. The van der Waals surface area contributed by atoms with Crippen LogP contribution in [0.5, 0.6) is 0 Å². The van der Waals surface area contributed by atoms with Crippen molar-refractivity contribution in [2.24, 2.45) is 0 Å². The molecule has 0 aliphatic carbocycles. The topological polar surface area (TPSA) is 24.9 Å². The van der Waals surface area contributed by atoms with E-state index in [0.29, 0.717) is 0 Å². The van der Waals surface area contributed by atoms with Crippen molar-refractivity contribution >= 4 is 0 Å². The molecule has 2 rings (SSSR count). The lowest BCUT2D eigenvalue weighted by Gasteiger charge is -2.05. The van der Waals surface area contributed by atoms with E-state index in [4.69, 9.17) is 0 Å². The van der Waals surface area contributed by atoms with Gasteiger partial charge in [0.1, 0.15) is 5.82 Å². The van der Waals surface area contributed by atoms with E-state index in [1.807, 2.05) is 25.4 Å². The summed E-state index contributed by atoms with van der Waals surface area (Å²) in [5.41, 5.74) is 3.36. The van der Waals surface area contributed by atoms with Gasteiger partial charge in [-0.3, -0.25) is 4.98 Å². The van der Waals surface area contributed by atoms with Crippen LogP contribution in [0.1, 0.15) is 16.7 Å². The van der Waals surface area contributed by atoms with Crippen LogP contribution in [-0.2, 0) is 13.0 Å². The molecule has 1 aromatic heterocycles. The maximum absolute atomic E-state index is 13.0. The van der Waals surface area contributed by atoms with Gasteiger partial charge >= 0.3 is 0 Å². The third kappa shape index (κ3) is 3.93. The summed E-state index contributed by atoms with van der Waals surface area (Å²) in [5.74, 6) is -0.171. The van der Waals surface area contributed by atoms with Gasteiger partial charge in [-0.25, -0.2) is 4.39 Å². The predicted octanol–water partition coefficient (Wildman–Crippen LogP) is 2.86. The zero-order valence-corrected chi connectivity index (χ0v) is 10.5. The largest absolute Gasteiger partial charge is 0.312 e. The van der Waals surface area contributed by atoms with E-state index >= 15 is 0 Å². The summed E-state index contributed by atoms with van der Waals surface area (Å²) in [5, 5.41) is 3.33. The van der Waals surface area contributed by atoms with E-state index in [0.717, 1.165) is 25.1 Å². The molecule has 2 aromatic rings. The number of pyridine rings is 1. The Morgan fingerprint density at radius 3 is 2.83 bits per heavy atom. The molecule has 0 aliphatic heterocycles. The van der Waals surface area contributed by atoms with Crippen molar-refractivity contribution in [3.05, 3.63) is 65.2 Å². The minimum absolute atomic E-state index is 0.171. The Hall–Kier alpha value is -1.74. The van der Waals surface area contributed by atoms with Gasteiger partial charge in [0, 0.05) is 18.9 Å². The Morgan fingerprint density at radius 2 is 2.06 bits per heavy atom. The molecule has 0 radical (unpaired) electrons.